The molecular formula is C25H30N2O4S2. The van der Waals surface area contributed by atoms with Gasteiger partial charge in [-0.3, -0.25) is 19.3 Å². The van der Waals surface area contributed by atoms with E-state index in [1.807, 2.05) is 0 Å². The molecule has 0 aromatic heterocycles. The fourth-order valence-electron chi connectivity index (χ4n) is 6.99. The normalized spacial score (nSPS) is 32.3. The predicted molar refractivity (Wildman–Crippen MR) is 131 cm³/mol. The fourth-order valence-corrected chi connectivity index (χ4v) is 8.11. The van der Waals surface area contributed by atoms with Gasteiger partial charge in [0.05, 0.1) is 11.2 Å². The number of rotatable bonds is 7. The lowest BCUT2D eigenvalue weighted by Gasteiger charge is -2.61. The molecule has 1 aliphatic heterocycles. The van der Waals surface area contributed by atoms with Crippen LogP contribution in [0.15, 0.2) is 24.3 Å². The van der Waals surface area contributed by atoms with Crippen LogP contribution >= 0.6 is 24.0 Å². The first-order valence-electron chi connectivity index (χ1n) is 11.8. The van der Waals surface area contributed by atoms with Gasteiger partial charge in [0.2, 0.25) is 5.91 Å². The Hall–Kier alpha value is -1.93. The third kappa shape index (κ3) is 4.32. The number of nitrogens with zero attached hydrogens (tertiary/aromatic N) is 1. The second-order valence-electron chi connectivity index (χ2n) is 10.4. The highest BCUT2D eigenvalue weighted by Gasteiger charge is 2.61. The molecule has 4 bridgehead atoms. The first kappa shape index (κ1) is 22.8. The molecule has 2 amide bonds. The van der Waals surface area contributed by atoms with Crippen LogP contribution in [0.25, 0.3) is 0 Å². The SMILES string of the molecule is Cc1ccc(C23C[C@H]4C[C@@H](CC(C(=O)OCC(=O)NCCN5C(=O)CSC5=S)(C4)C2)C3)cc1. The first-order valence-corrected chi connectivity index (χ1v) is 13.2. The molecule has 0 unspecified atom stereocenters. The first-order chi connectivity index (χ1) is 15.8. The molecule has 1 heterocycles. The smallest absolute Gasteiger partial charge is 0.312 e. The number of thioether (sulfide) groups is 1. The Morgan fingerprint density at radius 2 is 1.88 bits per heavy atom. The number of hydrogen-bond donors (Lipinski definition) is 1. The molecule has 1 N–H and O–H groups in total. The number of nitrogens with one attached hydrogen (secondary N) is 1. The van der Waals surface area contributed by atoms with E-state index in [4.69, 9.17) is 17.0 Å². The summed E-state index contributed by atoms with van der Waals surface area (Å²) in [5, 5.41) is 2.74. The highest BCUT2D eigenvalue weighted by molar-refractivity contribution is 8.23. The molecular weight excluding hydrogens is 456 g/mol. The monoisotopic (exact) mass is 486 g/mol. The molecule has 1 saturated heterocycles. The molecule has 4 aliphatic carbocycles. The van der Waals surface area contributed by atoms with E-state index in [2.05, 4.69) is 36.5 Å². The molecule has 2 atom stereocenters. The molecule has 6 nitrogen and oxygen atoms in total. The number of ether oxygens (including phenoxy) is 1. The lowest BCUT2D eigenvalue weighted by molar-refractivity contribution is -0.175. The minimum Gasteiger partial charge on any atom is -0.455 e. The molecule has 0 radical (unpaired) electrons. The summed E-state index contributed by atoms with van der Waals surface area (Å²) >= 11 is 6.48. The summed E-state index contributed by atoms with van der Waals surface area (Å²) in [4.78, 5) is 38.9. The van der Waals surface area contributed by atoms with Gasteiger partial charge in [-0.1, -0.05) is 53.8 Å². The standard InChI is InChI=1S/C25H30N2O4S2/c1-16-2-4-19(5-3-16)24-9-17-8-18(10-24)12-25(11-17,15-24)22(30)31-13-20(28)26-6-7-27-21(29)14-33-23(27)32/h2-5,17-18H,6-15H2,1H3,(H,26,28)/t17-,18-,24?,25?/m1/s1. The van der Waals surface area contributed by atoms with Gasteiger partial charge < -0.3 is 10.1 Å². The topological polar surface area (TPSA) is 75.7 Å². The van der Waals surface area contributed by atoms with Crippen molar-refractivity contribution in [1.82, 2.24) is 10.2 Å². The molecule has 4 saturated carbocycles. The molecule has 8 heteroatoms. The molecule has 6 rings (SSSR count). The second-order valence-corrected chi connectivity index (χ2v) is 12.0. The van der Waals surface area contributed by atoms with E-state index in [-0.39, 0.29) is 36.4 Å². The van der Waals surface area contributed by atoms with Gasteiger partial charge in [-0.05, 0) is 68.3 Å². The summed E-state index contributed by atoms with van der Waals surface area (Å²) in [7, 11) is 0. The number of benzene rings is 1. The lowest BCUT2D eigenvalue weighted by Crippen LogP contribution is -2.57. The summed E-state index contributed by atoms with van der Waals surface area (Å²) in [6, 6.07) is 8.82. The lowest BCUT2D eigenvalue weighted by atomic mass is 9.43. The summed E-state index contributed by atoms with van der Waals surface area (Å²) in [5.74, 6) is 0.873. The average molecular weight is 487 g/mol. The summed E-state index contributed by atoms with van der Waals surface area (Å²) in [5.41, 5.74) is 2.18. The van der Waals surface area contributed by atoms with Gasteiger partial charge in [0, 0.05) is 13.1 Å². The predicted octanol–water partition coefficient (Wildman–Crippen LogP) is 3.35. The minimum atomic E-state index is -0.472. The maximum atomic E-state index is 13.3. The van der Waals surface area contributed by atoms with Crippen molar-refractivity contribution in [2.45, 2.75) is 50.9 Å². The van der Waals surface area contributed by atoms with Crippen LogP contribution in [-0.4, -0.2) is 52.5 Å². The number of esters is 1. The van der Waals surface area contributed by atoms with Crippen molar-refractivity contribution in [3.05, 3.63) is 35.4 Å². The maximum absolute atomic E-state index is 13.3. The van der Waals surface area contributed by atoms with E-state index in [1.54, 1.807) is 0 Å². The average Bonchev–Trinajstić information content (AvgIpc) is 3.09. The third-order valence-electron chi connectivity index (χ3n) is 7.99. The zero-order valence-corrected chi connectivity index (χ0v) is 20.6. The number of aryl methyl sites for hydroxylation is 1. The maximum Gasteiger partial charge on any atom is 0.312 e. The van der Waals surface area contributed by atoms with Crippen LogP contribution in [0.4, 0.5) is 0 Å². The number of carbonyl (C=O) groups is 3. The molecule has 1 aromatic carbocycles. The molecule has 176 valence electrons. The van der Waals surface area contributed by atoms with Gasteiger partial charge in [0.1, 0.15) is 4.32 Å². The van der Waals surface area contributed by atoms with Gasteiger partial charge in [-0.25, -0.2) is 0 Å². The Kier molecular flexibility index (Phi) is 6.02. The highest BCUT2D eigenvalue weighted by atomic mass is 32.2. The Morgan fingerprint density at radius 3 is 2.52 bits per heavy atom. The van der Waals surface area contributed by atoms with Crippen LogP contribution < -0.4 is 5.32 Å². The second kappa shape index (κ2) is 8.69. The highest BCUT2D eigenvalue weighted by Crippen LogP contribution is 2.66. The summed E-state index contributed by atoms with van der Waals surface area (Å²) < 4.78 is 6.14. The Bertz CT molecular complexity index is 963. The minimum absolute atomic E-state index is 0.0324. The number of hydrogen-bond acceptors (Lipinski definition) is 6. The Morgan fingerprint density at radius 1 is 1.18 bits per heavy atom. The van der Waals surface area contributed by atoms with Crippen LogP contribution in [-0.2, 0) is 24.5 Å². The van der Waals surface area contributed by atoms with E-state index < -0.39 is 5.41 Å². The van der Waals surface area contributed by atoms with Crippen molar-refractivity contribution in [2.75, 3.05) is 25.4 Å². The number of thiocarbonyl (C=S) groups is 1. The third-order valence-corrected chi connectivity index (χ3v) is 9.42. The molecule has 1 aromatic rings. The van der Waals surface area contributed by atoms with Crippen LogP contribution in [0.5, 0.6) is 0 Å². The summed E-state index contributed by atoms with van der Waals surface area (Å²) in [6.45, 7) is 2.45. The Labute approximate surface area is 204 Å². The van der Waals surface area contributed by atoms with Crippen molar-refractivity contribution >= 4 is 46.1 Å². The van der Waals surface area contributed by atoms with Gasteiger partial charge in [-0.15, -0.1) is 0 Å². The summed E-state index contributed by atoms with van der Waals surface area (Å²) in [6.07, 6.45) is 6.09. The number of amides is 2. The van der Waals surface area contributed by atoms with Crippen LogP contribution in [0, 0.1) is 24.2 Å². The van der Waals surface area contributed by atoms with E-state index in [0.29, 0.717) is 28.5 Å². The van der Waals surface area contributed by atoms with Crippen molar-refractivity contribution < 1.29 is 19.1 Å². The molecule has 33 heavy (non-hydrogen) atoms. The van der Waals surface area contributed by atoms with Crippen molar-refractivity contribution in [2.24, 2.45) is 17.3 Å². The zero-order chi connectivity index (χ0) is 23.2. The van der Waals surface area contributed by atoms with Crippen LogP contribution in [0.3, 0.4) is 0 Å². The van der Waals surface area contributed by atoms with E-state index >= 15 is 0 Å². The van der Waals surface area contributed by atoms with Crippen molar-refractivity contribution in [3.63, 3.8) is 0 Å². The largest absolute Gasteiger partial charge is 0.455 e. The zero-order valence-electron chi connectivity index (χ0n) is 18.9. The quantitative estimate of drug-likeness (QED) is 0.471. The molecule has 5 fully saturated rings. The van der Waals surface area contributed by atoms with Gasteiger partial charge in [0.25, 0.3) is 5.91 Å². The van der Waals surface area contributed by atoms with Gasteiger partial charge >= 0.3 is 5.97 Å². The molecule has 5 aliphatic rings. The van der Waals surface area contributed by atoms with Crippen LogP contribution in [0.1, 0.15) is 49.7 Å². The van der Waals surface area contributed by atoms with Gasteiger partial charge in [0.15, 0.2) is 6.61 Å². The van der Waals surface area contributed by atoms with Crippen molar-refractivity contribution in [1.29, 1.82) is 0 Å². The van der Waals surface area contributed by atoms with E-state index in [9.17, 15) is 14.4 Å². The molecule has 0 spiro atoms. The van der Waals surface area contributed by atoms with E-state index in [1.165, 1.54) is 34.2 Å². The van der Waals surface area contributed by atoms with Crippen molar-refractivity contribution in [3.8, 4) is 0 Å². The number of carbonyl (C=O) groups excluding carboxylic acids is 3. The van der Waals surface area contributed by atoms with E-state index in [0.717, 1.165) is 32.1 Å². The van der Waals surface area contributed by atoms with Gasteiger partial charge in [-0.2, -0.15) is 0 Å². The van der Waals surface area contributed by atoms with Crippen LogP contribution in [0.2, 0.25) is 0 Å². The fraction of sp³-hybridized carbons (Fsp3) is 0.600. The Balaban J connectivity index is 1.19.